The minimum absolute atomic E-state index is 0.109. The molecule has 0 aliphatic carbocycles. The monoisotopic (exact) mass is 529 g/mol. The highest BCUT2D eigenvalue weighted by Crippen LogP contribution is 2.28. The maximum atomic E-state index is 12.6. The minimum atomic E-state index is -0.160. The molecule has 0 aliphatic rings. The molecule has 0 aliphatic heterocycles. The number of thioether (sulfide) groups is 1. The number of halogens is 1. The number of aromatic nitrogens is 3. The Morgan fingerprint density at radius 2 is 1.79 bits per heavy atom. The molecule has 0 atom stereocenters. The summed E-state index contributed by atoms with van der Waals surface area (Å²) < 4.78 is 2.85. The van der Waals surface area contributed by atoms with E-state index in [-0.39, 0.29) is 29.9 Å². The molecule has 0 unspecified atom stereocenters. The van der Waals surface area contributed by atoms with E-state index in [4.69, 9.17) is 0 Å². The molecule has 2 aromatic carbocycles. The van der Waals surface area contributed by atoms with Gasteiger partial charge >= 0.3 is 0 Å². The van der Waals surface area contributed by atoms with Crippen molar-refractivity contribution in [2.75, 3.05) is 16.4 Å². The van der Waals surface area contributed by atoms with Crippen LogP contribution in [0.4, 0.5) is 11.4 Å². The van der Waals surface area contributed by atoms with Crippen molar-refractivity contribution in [3.05, 3.63) is 63.9 Å². The topological polar surface area (TPSA) is 88.9 Å². The Bertz CT molecular complexity index is 1130. The molecule has 2 N–H and O–H groups in total. The number of hydrogen-bond donors (Lipinski definition) is 2. The number of anilines is 2. The molecule has 33 heavy (non-hydrogen) atoms. The smallest absolute Gasteiger partial charge is 0.234 e. The van der Waals surface area contributed by atoms with Gasteiger partial charge < -0.3 is 15.2 Å². The first-order chi connectivity index (χ1) is 15.8. The van der Waals surface area contributed by atoms with Crippen molar-refractivity contribution in [3.8, 4) is 0 Å². The van der Waals surface area contributed by atoms with Gasteiger partial charge in [-0.2, -0.15) is 0 Å². The van der Waals surface area contributed by atoms with Gasteiger partial charge in [0.05, 0.1) is 12.2 Å². The normalized spacial score (nSPS) is 11.0. The quantitative estimate of drug-likeness (QED) is 0.362. The summed E-state index contributed by atoms with van der Waals surface area (Å²) >= 11 is 4.79. The van der Waals surface area contributed by atoms with Gasteiger partial charge in [-0.15, -0.1) is 10.2 Å². The summed E-state index contributed by atoms with van der Waals surface area (Å²) in [6, 6.07) is 13.5. The minimum Gasteiger partial charge on any atom is -0.326 e. The van der Waals surface area contributed by atoms with Crippen LogP contribution < -0.4 is 10.6 Å². The number of carbonyl (C=O) groups is 2. The van der Waals surface area contributed by atoms with Crippen molar-refractivity contribution < 1.29 is 9.59 Å². The predicted octanol–water partition coefficient (Wildman–Crippen LogP) is 5.40. The van der Waals surface area contributed by atoms with Gasteiger partial charge in [0, 0.05) is 22.4 Å². The second kappa shape index (κ2) is 11.5. The number of nitrogens with one attached hydrogen (secondary N) is 2. The number of benzene rings is 2. The van der Waals surface area contributed by atoms with Gasteiger partial charge in [-0.3, -0.25) is 9.59 Å². The lowest BCUT2D eigenvalue weighted by Gasteiger charge is -2.14. The standard InChI is InChI=1S/C24H28BrN5O2S/c1-5-30-21(13-22(31)26-18-9-6-16(4)7-10-18)28-29-24(30)33-14-23(32)27-20-11-8-17(25)12-19(20)15(2)3/h6-12,15H,5,13-14H2,1-4H3,(H,26,31)(H,27,32). The molecule has 0 fully saturated rings. The summed E-state index contributed by atoms with van der Waals surface area (Å²) in [4.78, 5) is 25.0. The van der Waals surface area contributed by atoms with E-state index in [1.807, 2.05) is 60.9 Å². The lowest BCUT2D eigenvalue weighted by atomic mass is 10.0. The number of nitrogens with zero attached hydrogens (tertiary/aromatic N) is 3. The van der Waals surface area contributed by atoms with E-state index in [1.165, 1.54) is 11.8 Å². The third-order valence-electron chi connectivity index (χ3n) is 5.01. The molecular formula is C24H28BrN5O2S. The van der Waals surface area contributed by atoms with Crippen LogP contribution in [-0.2, 0) is 22.6 Å². The Hall–Kier alpha value is -2.65. The molecule has 174 valence electrons. The Morgan fingerprint density at radius 1 is 1.06 bits per heavy atom. The Kier molecular flexibility index (Phi) is 8.68. The molecule has 0 bridgehead atoms. The van der Waals surface area contributed by atoms with Crippen LogP contribution in [0, 0.1) is 6.92 Å². The van der Waals surface area contributed by atoms with Gasteiger partial charge in [0.1, 0.15) is 5.82 Å². The summed E-state index contributed by atoms with van der Waals surface area (Å²) in [5.74, 6) is 0.768. The zero-order chi connectivity index (χ0) is 24.0. The lowest BCUT2D eigenvalue weighted by Crippen LogP contribution is -2.18. The van der Waals surface area contributed by atoms with Gasteiger partial charge in [-0.25, -0.2) is 0 Å². The van der Waals surface area contributed by atoms with Crippen molar-refractivity contribution in [1.82, 2.24) is 14.8 Å². The largest absolute Gasteiger partial charge is 0.326 e. The Labute approximate surface area is 206 Å². The highest BCUT2D eigenvalue weighted by Gasteiger charge is 2.17. The average Bonchev–Trinajstić information content (AvgIpc) is 3.16. The molecule has 3 aromatic rings. The number of hydrogen-bond acceptors (Lipinski definition) is 5. The van der Waals surface area contributed by atoms with E-state index < -0.39 is 0 Å². The van der Waals surface area contributed by atoms with E-state index in [9.17, 15) is 9.59 Å². The molecule has 0 radical (unpaired) electrons. The summed E-state index contributed by atoms with van der Waals surface area (Å²) in [5.41, 5.74) is 3.75. The van der Waals surface area contributed by atoms with Gasteiger partial charge in [-0.05, 0) is 55.7 Å². The molecule has 3 rings (SSSR count). The van der Waals surface area contributed by atoms with Crippen LogP contribution in [-0.4, -0.2) is 32.3 Å². The van der Waals surface area contributed by atoms with Crippen molar-refractivity contribution in [1.29, 1.82) is 0 Å². The van der Waals surface area contributed by atoms with E-state index in [2.05, 4.69) is 50.6 Å². The van der Waals surface area contributed by atoms with Gasteiger partial charge in [0.2, 0.25) is 11.8 Å². The summed E-state index contributed by atoms with van der Waals surface area (Å²) in [5, 5.41) is 14.9. The molecular weight excluding hydrogens is 502 g/mol. The van der Waals surface area contributed by atoms with Crippen LogP contribution in [0.5, 0.6) is 0 Å². The first-order valence-electron chi connectivity index (χ1n) is 10.8. The molecule has 0 saturated heterocycles. The fraction of sp³-hybridized carbons (Fsp3) is 0.333. The van der Waals surface area contributed by atoms with Crippen LogP contribution in [0.1, 0.15) is 43.6 Å². The van der Waals surface area contributed by atoms with Crippen LogP contribution in [0.2, 0.25) is 0 Å². The SMILES string of the molecule is CCn1c(CC(=O)Nc2ccc(C)cc2)nnc1SCC(=O)Nc1ccc(Br)cc1C(C)C. The maximum Gasteiger partial charge on any atom is 0.234 e. The second-order valence-electron chi connectivity index (χ2n) is 7.96. The van der Waals surface area contributed by atoms with Crippen molar-refractivity contribution in [2.24, 2.45) is 0 Å². The highest BCUT2D eigenvalue weighted by atomic mass is 79.9. The summed E-state index contributed by atoms with van der Waals surface area (Å²) in [6.45, 7) is 8.75. The Morgan fingerprint density at radius 3 is 2.45 bits per heavy atom. The molecule has 2 amide bonds. The maximum absolute atomic E-state index is 12.6. The van der Waals surface area contributed by atoms with E-state index in [1.54, 1.807) is 0 Å². The molecule has 7 nitrogen and oxygen atoms in total. The second-order valence-corrected chi connectivity index (χ2v) is 9.82. The molecule has 1 heterocycles. The third kappa shape index (κ3) is 6.91. The van der Waals surface area contributed by atoms with Crippen molar-refractivity contribution in [2.45, 2.75) is 51.7 Å². The van der Waals surface area contributed by atoms with Gasteiger partial charge in [-0.1, -0.05) is 59.2 Å². The van der Waals surface area contributed by atoms with Crippen LogP contribution in [0.3, 0.4) is 0 Å². The van der Waals surface area contributed by atoms with E-state index in [0.717, 1.165) is 27.0 Å². The van der Waals surface area contributed by atoms with Crippen molar-refractivity contribution >= 4 is 50.9 Å². The summed E-state index contributed by atoms with van der Waals surface area (Å²) in [7, 11) is 0. The number of rotatable bonds is 9. The molecule has 0 spiro atoms. The van der Waals surface area contributed by atoms with E-state index in [0.29, 0.717) is 17.5 Å². The van der Waals surface area contributed by atoms with Gasteiger partial charge in [0.25, 0.3) is 0 Å². The molecule has 1 aromatic heterocycles. The number of aryl methyl sites for hydroxylation is 1. The zero-order valence-electron chi connectivity index (χ0n) is 19.2. The summed E-state index contributed by atoms with van der Waals surface area (Å²) in [6.07, 6.45) is 0.109. The lowest BCUT2D eigenvalue weighted by molar-refractivity contribution is -0.116. The van der Waals surface area contributed by atoms with Gasteiger partial charge in [0.15, 0.2) is 5.16 Å². The predicted molar refractivity (Wildman–Crippen MR) is 137 cm³/mol. The molecule has 9 heteroatoms. The van der Waals surface area contributed by atoms with Crippen LogP contribution in [0.25, 0.3) is 0 Å². The number of carbonyl (C=O) groups excluding carboxylic acids is 2. The average molecular weight is 530 g/mol. The van der Waals surface area contributed by atoms with Crippen LogP contribution in [0.15, 0.2) is 52.1 Å². The first-order valence-corrected chi connectivity index (χ1v) is 12.5. The van der Waals surface area contributed by atoms with Crippen molar-refractivity contribution in [3.63, 3.8) is 0 Å². The van der Waals surface area contributed by atoms with E-state index >= 15 is 0 Å². The highest BCUT2D eigenvalue weighted by molar-refractivity contribution is 9.10. The fourth-order valence-electron chi connectivity index (χ4n) is 3.30. The fourth-order valence-corrected chi connectivity index (χ4v) is 4.50. The first kappa shape index (κ1) is 25.0. The third-order valence-corrected chi connectivity index (χ3v) is 6.47. The molecule has 0 saturated carbocycles. The number of amides is 2. The van der Waals surface area contributed by atoms with Crippen LogP contribution >= 0.6 is 27.7 Å². The Balaban J connectivity index is 1.60. The zero-order valence-corrected chi connectivity index (χ0v) is 21.6.